The lowest BCUT2D eigenvalue weighted by atomic mass is 10.1. The van der Waals surface area contributed by atoms with Crippen LogP contribution in [-0.4, -0.2) is 29.2 Å². The third-order valence-corrected chi connectivity index (χ3v) is 2.25. The van der Waals surface area contributed by atoms with Gasteiger partial charge in [0.05, 0.1) is 0 Å². The highest BCUT2D eigenvalue weighted by Crippen LogP contribution is 2.65. The summed E-state index contributed by atoms with van der Waals surface area (Å²) in [6.07, 6.45) is -12.4. The summed E-state index contributed by atoms with van der Waals surface area (Å²) in [4.78, 5) is 0. The summed E-state index contributed by atoms with van der Waals surface area (Å²) in [6, 6.07) is 0. The highest BCUT2D eigenvalue weighted by molar-refractivity contribution is 6.24. The highest BCUT2D eigenvalue weighted by atomic mass is 35.5. The maximum absolute atomic E-state index is 12.7. The van der Waals surface area contributed by atoms with E-state index in [4.69, 9.17) is 0 Å². The van der Waals surface area contributed by atoms with Crippen molar-refractivity contribution in [1.82, 2.24) is 0 Å². The van der Waals surface area contributed by atoms with E-state index < -0.39 is 29.2 Å². The maximum atomic E-state index is 12.7. The zero-order chi connectivity index (χ0) is 13.2. The molecule has 11 heteroatoms. The zero-order valence-corrected chi connectivity index (χ0v) is 7.44. The highest BCUT2D eigenvalue weighted by Gasteiger charge is 2.94. The molecule has 16 heavy (non-hydrogen) atoms. The molecule has 2 atom stereocenters. The minimum atomic E-state index is -6.58. The number of hydrogen-bond donors (Lipinski definition) is 0. The molecule has 1 nitrogen and oxygen atoms in total. The van der Waals surface area contributed by atoms with Crippen molar-refractivity contribution >= 4 is 11.6 Å². The van der Waals surface area contributed by atoms with Crippen LogP contribution >= 0.6 is 11.6 Å². The molecule has 1 aliphatic rings. The molecule has 1 heterocycles. The van der Waals surface area contributed by atoms with Gasteiger partial charge in [0.1, 0.15) is 0 Å². The van der Waals surface area contributed by atoms with Crippen molar-refractivity contribution in [3.63, 3.8) is 0 Å². The average Bonchev–Trinajstić information content (AvgIpc) is 2.07. The van der Waals surface area contributed by atoms with Gasteiger partial charge in [-0.3, -0.25) is 4.74 Å². The first-order chi connectivity index (χ1) is 6.71. The molecule has 1 fully saturated rings. The molecule has 0 bridgehead atoms. The predicted octanol–water partition coefficient (Wildman–Crippen LogP) is 3.38. The Hall–Kier alpha value is -0.380. The fourth-order valence-corrected chi connectivity index (χ4v) is 1.09. The summed E-state index contributed by atoms with van der Waals surface area (Å²) in [5.74, 6) is -12.5. The second-order valence-electron chi connectivity index (χ2n) is 2.86. The van der Waals surface area contributed by atoms with E-state index in [2.05, 4.69) is 16.3 Å². The molecule has 2 unspecified atom stereocenters. The van der Waals surface area contributed by atoms with Gasteiger partial charge in [-0.2, -0.15) is 35.1 Å². The van der Waals surface area contributed by atoms with Crippen LogP contribution in [0, 0.1) is 0 Å². The Labute approximate surface area is 86.1 Å². The van der Waals surface area contributed by atoms with Crippen molar-refractivity contribution in [1.29, 1.82) is 0 Å². The number of ether oxygens (including phenoxy) is 1. The monoisotopic (exact) mass is 282 g/mol. The van der Waals surface area contributed by atoms with Crippen LogP contribution in [0.1, 0.15) is 0 Å². The molecule has 0 N–H and O–H groups in total. The SMILES string of the molecule is FC(F)(F)C1(F)OC(F)(F)C(F)(Cl)C1(F)F. The van der Waals surface area contributed by atoms with Gasteiger partial charge in [-0.1, -0.05) is 11.6 Å². The molecule has 0 amide bonds. The van der Waals surface area contributed by atoms with Crippen LogP contribution in [0.4, 0.5) is 39.5 Å². The van der Waals surface area contributed by atoms with Gasteiger partial charge in [-0.05, 0) is 0 Å². The lowest BCUT2D eigenvalue weighted by Crippen LogP contribution is -2.58. The summed E-state index contributed by atoms with van der Waals surface area (Å²) in [5.41, 5.74) is 0. The quantitative estimate of drug-likeness (QED) is 0.489. The van der Waals surface area contributed by atoms with Crippen LogP contribution in [0.2, 0.25) is 0 Å². The first-order valence-corrected chi connectivity index (χ1v) is 3.68. The van der Waals surface area contributed by atoms with Crippen molar-refractivity contribution in [3.05, 3.63) is 0 Å². The summed E-state index contributed by atoms with van der Waals surface area (Å²) >= 11 is 3.91. The normalized spacial score (nSPS) is 42.4. The van der Waals surface area contributed by atoms with Crippen molar-refractivity contribution < 1.29 is 44.3 Å². The van der Waals surface area contributed by atoms with Gasteiger partial charge in [0.2, 0.25) is 0 Å². The van der Waals surface area contributed by atoms with E-state index in [0.717, 1.165) is 0 Å². The summed E-state index contributed by atoms with van der Waals surface area (Å²) < 4.78 is 112. The Morgan fingerprint density at radius 2 is 1.25 bits per heavy atom. The van der Waals surface area contributed by atoms with Gasteiger partial charge in [-0.15, -0.1) is 0 Å². The van der Waals surface area contributed by atoms with Gasteiger partial charge in [0.25, 0.3) is 0 Å². The van der Waals surface area contributed by atoms with Gasteiger partial charge in [-0.25, -0.2) is 4.39 Å². The molecular weight excluding hydrogens is 282 g/mol. The molecule has 0 aliphatic carbocycles. The van der Waals surface area contributed by atoms with Gasteiger partial charge < -0.3 is 0 Å². The molecule has 96 valence electrons. The van der Waals surface area contributed by atoms with E-state index in [1.54, 1.807) is 0 Å². The van der Waals surface area contributed by atoms with E-state index in [9.17, 15) is 39.5 Å². The first kappa shape index (κ1) is 13.7. The largest absolute Gasteiger partial charge is 0.455 e. The Morgan fingerprint density at radius 1 is 0.875 bits per heavy atom. The molecular formula is C5ClF9O. The maximum Gasteiger partial charge on any atom is 0.455 e. The van der Waals surface area contributed by atoms with Gasteiger partial charge in [0, 0.05) is 0 Å². The minimum Gasteiger partial charge on any atom is -0.266 e. The van der Waals surface area contributed by atoms with E-state index in [1.807, 2.05) is 0 Å². The van der Waals surface area contributed by atoms with Gasteiger partial charge in [0.15, 0.2) is 0 Å². The summed E-state index contributed by atoms with van der Waals surface area (Å²) in [7, 11) is 0. The molecule has 0 radical (unpaired) electrons. The molecule has 0 aromatic rings. The number of rotatable bonds is 0. The van der Waals surface area contributed by atoms with Crippen molar-refractivity contribution in [2.75, 3.05) is 0 Å². The van der Waals surface area contributed by atoms with Crippen molar-refractivity contribution in [2.24, 2.45) is 0 Å². The fourth-order valence-electron chi connectivity index (χ4n) is 0.925. The van der Waals surface area contributed by atoms with Crippen LogP contribution in [0.5, 0.6) is 0 Å². The van der Waals surface area contributed by atoms with Crippen LogP contribution in [0.15, 0.2) is 0 Å². The predicted molar refractivity (Wildman–Crippen MR) is 30.6 cm³/mol. The number of alkyl halides is 10. The van der Waals surface area contributed by atoms with E-state index in [0.29, 0.717) is 0 Å². The Balaban J connectivity index is 3.41. The molecule has 0 spiro atoms. The smallest absolute Gasteiger partial charge is 0.266 e. The van der Waals surface area contributed by atoms with Gasteiger partial charge >= 0.3 is 29.2 Å². The van der Waals surface area contributed by atoms with E-state index >= 15 is 0 Å². The Kier molecular flexibility index (Phi) is 2.47. The summed E-state index contributed by atoms with van der Waals surface area (Å²) in [5, 5.41) is -5.63. The topological polar surface area (TPSA) is 9.23 Å². The zero-order valence-electron chi connectivity index (χ0n) is 6.69. The molecule has 0 saturated carbocycles. The number of halogens is 10. The third kappa shape index (κ3) is 1.25. The molecule has 0 aromatic carbocycles. The van der Waals surface area contributed by atoms with E-state index in [-0.39, 0.29) is 0 Å². The minimum absolute atomic E-state index is 2.15. The van der Waals surface area contributed by atoms with Crippen LogP contribution < -0.4 is 0 Å². The second-order valence-corrected chi connectivity index (χ2v) is 3.38. The number of hydrogen-bond acceptors (Lipinski definition) is 1. The first-order valence-electron chi connectivity index (χ1n) is 3.30. The fraction of sp³-hybridized carbons (Fsp3) is 1.00. The molecule has 1 saturated heterocycles. The summed E-state index contributed by atoms with van der Waals surface area (Å²) in [6.45, 7) is 0. The molecule has 1 aliphatic heterocycles. The van der Waals surface area contributed by atoms with Crippen molar-refractivity contribution in [3.8, 4) is 0 Å². The van der Waals surface area contributed by atoms with Crippen LogP contribution in [0.3, 0.4) is 0 Å². The van der Waals surface area contributed by atoms with E-state index in [1.165, 1.54) is 0 Å². The lowest BCUT2D eigenvalue weighted by molar-refractivity contribution is -0.406. The third-order valence-electron chi connectivity index (χ3n) is 1.80. The van der Waals surface area contributed by atoms with Crippen LogP contribution in [0.25, 0.3) is 0 Å². The van der Waals surface area contributed by atoms with Crippen molar-refractivity contribution in [2.45, 2.75) is 29.2 Å². The molecule has 1 rings (SSSR count). The standard InChI is InChI=1S/C5ClF9O/c6-1(7)2(8,9)3(10,4(11,12)13)16-5(1,14)15. The Bertz CT molecular complexity index is 310. The molecule has 0 aromatic heterocycles. The lowest BCUT2D eigenvalue weighted by Gasteiger charge is -2.28. The second kappa shape index (κ2) is 2.89. The average molecular weight is 282 g/mol. The van der Waals surface area contributed by atoms with Crippen LogP contribution in [-0.2, 0) is 4.74 Å². The Morgan fingerprint density at radius 3 is 1.38 bits per heavy atom.